The molecule has 0 saturated heterocycles. The van der Waals surface area contributed by atoms with E-state index in [1.54, 1.807) is 0 Å². The van der Waals surface area contributed by atoms with Gasteiger partial charge in [0, 0.05) is 59.2 Å². The summed E-state index contributed by atoms with van der Waals surface area (Å²) >= 11 is 1.85. The lowest BCUT2D eigenvalue weighted by molar-refractivity contribution is 0.669. The highest BCUT2D eigenvalue weighted by molar-refractivity contribution is 7.99. The molecule has 0 bridgehead atoms. The van der Waals surface area contributed by atoms with Gasteiger partial charge in [0.2, 0.25) is 0 Å². The fourth-order valence-corrected chi connectivity index (χ4v) is 9.72. The number of para-hydroxylation sites is 5. The summed E-state index contributed by atoms with van der Waals surface area (Å²) in [5.74, 6) is 0. The molecule has 0 aliphatic carbocycles. The van der Waals surface area contributed by atoms with Gasteiger partial charge in [0.25, 0.3) is 0 Å². The van der Waals surface area contributed by atoms with Crippen LogP contribution < -0.4 is 4.90 Å². The van der Waals surface area contributed by atoms with Crippen LogP contribution in [0.15, 0.2) is 190 Å². The van der Waals surface area contributed by atoms with Gasteiger partial charge in [0.1, 0.15) is 11.2 Å². The van der Waals surface area contributed by atoms with Crippen molar-refractivity contribution < 1.29 is 4.42 Å². The molecule has 0 amide bonds. The Morgan fingerprint density at radius 2 is 0.755 bits per heavy atom. The van der Waals surface area contributed by atoms with Gasteiger partial charge in [0.05, 0.1) is 33.4 Å². The normalized spacial score (nSPS) is 12.8. The first-order chi connectivity index (χ1) is 26.3. The molecule has 4 nitrogen and oxygen atoms in total. The topological polar surface area (TPSA) is 26.2 Å². The summed E-state index contributed by atoms with van der Waals surface area (Å²) in [5, 5.41) is 7.28. The van der Waals surface area contributed by atoms with Crippen molar-refractivity contribution in [3.05, 3.63) is 176 Å². The summed E-state index contributed by atoms with van der Waals surface area (Å²) in [6.07, 6.45) is 0. The van der Waals surface area contributed by atoms with Crippen molar-refractivity contribution in [2.24, 2.45) is 0 Å². The number of aromatic nitrogens is 2. The standard InChI is InChI=1S/C48H29N3OS/c1-6-16-39-33(11-1)34-12-2-7-17-40(34)49(39)31-21-24-43-47(28-31)53-48-29-32(50-41-18-8-3-13-35(41)36-14-4-9-19-42(36)50)22-25-44(48)51(43)30-23-26-46-38(27-30)37-15-5-10-20-45(37)52-46/h1-29H. The molecule has 0 radical (unpaired) electrons. The third-order valence-corrected chi connectivity index (χ3v) is 12.0. The van der Waals surface area contributed by atoms with Gasteiger partial charge in [0.15, 0.2) is 0 Å². The highest BCUT2D eigenvalue weighted by Gasteiger charge is 2.28. The minimum Gasteiger partial charge on any atom is -0.456 e. The first-order valence-corrected chi connectivity index (χ1v) is 18.7. The summed E-state index contributed by atoms with van der Waals surface area (Å²) in [4.78, 5) is 4.83. The number of anilines is 3. The third kappa shape index (κ3) is 4.14. The Labute approximate surface area is 308 Å². The van der Waals surface area contributed by atoms with Gasteiger partial charge in [-0.05, 0) is 84.9 Å². The molecule has 0 atom stereocenters. The van der Waals surface area contributed by atoms with Gasteiger partial charge in [-0.1, -0.05) is 103 Å². The summed E-state index contributed by atoms with van der Waals surface area (Å²) in [7, 11) is 0. The van der Waals surface area contributed by atoms with E-state index < -0.39 is 0 Å². The van der Waals surface area contributed by atoms with Gasteiger partial charge in [-0.3, -0.25) is 0 Å². The monoisotopic (exact) mass is 695 g/mol. The smallest absolute Gasteiger partial charge is 0.135 e. The van der Waals surface area contributed by atoms with Gasteiger partial charge >= 0.3 is 0 Å². The quantitative estimate of drug-likeness (QED) is 0.184. The molecule has 3 aromatic heterocycles. The van der Waals surface area contributed by atoms with E-state index in [0.29, 0.717) is 0 Å². The van der Waals surface area contributed by atoms with Crippen molar-refractivity contribution in [1.82, 2.24) is 9.13 Å². The third-order valence-electron chi connectivity index (χ3n) is 10.9. The van der Waals surface area contributed by atoms with E-state index in [4.69, 9.17) is 4.42 Å². The van der Waals surface area contributed by atoms with Crippen molar-refractivity contribution in [1.29, 1.82) is 0 Å². The molecule has 11 aromatic rings. The van der Waals surface area contributed by atoms with E-state index in [0.717, 1.165) is 50.4 Å². The number of nitrogens with zero attached hydrogens (tertiary/aromatic N) is 3. The number of benzene rings is 8. The molecule has 0 fully saturated rings. The molecule has 248 valence electrons. The molecule has 0 spiro atoms. The van der Waals surface area contributed by atoms with Crippen molar-refractivity contribution in [3.8, 4) is 11.4 Å². The van der Waals surface area contributed by atoms with E-state index in [1.807, 2.05) is 23.9 Å². The predicted molar refractivity (Wildman–Crippen MR) is 221 cm³/mol. The summed E-state index contributed by atoms with van der Waals surface area (Å²) in [6.45, 7) is 0. The zero-order valence-corrected chi connectivity index (χ0v) is 29.2. The lowest BCUT2D eigenvalue weighted by atomic mass is 10.1. The average Bonchev–Trinajstić information content (AvgIpc) is 3.87. The van der Waals surface area contributed by atoms with Crippen molar-refractivity contribution in [2.75, 3.05) is 4.90 Å². The molecule has 0 unspecified atom stereocenters. The molecule has 1 aliphatic heterocycles. The van der Waals surface area contributed by atoms with Gasteiger partial charge in [-0.25, -0.2) is 0 Å². The van der Waals surface area contributed by atoms with E-state index >= 15 is 0 Å². The number of fused-ring (bicyclic) bond motifs is 11. The van der Waals surface area contributed by atoms with Crippen LogP contribution in [0.1, 0.15) is 0 Å². The maximum Gasteiger partial charge on any atom is 0.135 e. The predicted octanol–water partition coefficient (Wildman–Crippen LogP) is 13.7. The highest BCUT2D eigenvalue weighted by Crippen LogP contribution is 2.53. The molecule has 0 N–H and O–H groups in total. The van der Waals surface area contributed by atoms with Gasteiger partial charge < -0.3 is 18.5 Å². The van der Waals surface area contributed by atoms with Crippen LogP contribution in [0.4, 0.5) is 17.1 Å². The minimum atomic E-state index is 0.894. The Bertz CT molecular complexity index is 3020. The summed E-state index contributed by atoms with van der Waals surface area (Å²) < 4.78 is 11.1. The van der Waals surface area contributed by atoms with Crippen LogP contribution in [-0.2, 0) is 0 Å². The lowest BCUT2D eigenvalue weighted by Gasteiger charge is -2.33. The molecular weight excluding hydrogens is 667 g/mol. The molecular formula is C48H29N3OS. The molecule has 4 heterocycles. The Morgan fingerprint density at radius 3 is 1.26 bits per heavy atom. The van der Waals surface area contributed by atoms with Crippen molar-refractivity contribution in [3.63, 3.8) is 0 Å². The number of hydrogen-bond acceptors (Lipinski definition) is 3. The Morgan fingerprint density at radius 1 is 0.340 bits per heavy atom. The molecule has 8 aromatic carbocycles. The van der Waals surface area contributed by atoms with Gasteiger partial charge in [-0.15, -0.1) is 0 Å². The van der Waals surface area contributed by atoms with Crippen LogP contribution in [-0.4, -0.2) is 9.13 Å². The van der Waals surface area contributed by atoms with E-state index in [-0.39, 0.29) is 0 Å². The van der Waals surface area contributed by atoms with Crippen molar-refractivity contribution >= 4 is 94.4 Å². The zero-order chi connectivity index (χ0) is 34.6. The molecule has 53 heavy (non-hydrogen) atoms. The van der Waals surface area contributed by atoms with E-state index in [1.165, 1.54) is 53.4 Å². The van der Waals surface area contributed by atoms with Crippen molar-refractivity contribution in [2.45, 2.75) is 9.79 Å². The maximum atomic E-state index is 6.26. The SMILES string of the molecule is c1ccc2c(c1)oc1ccc(N3c4ccc(-n5c6ccccc6c6ccccc65)cc4Sc4cc(-n5c6ccccc6c6ccccc65)ccc43)cc12. The lowest BCUT2D eigenvalue weighted by Crippen LogP contribution is -2.15. The highest BCUT2D eigenvalue weighted by atomic mass is 32.2. The first-order valence-electron chi connectivity index (χ1n) is 17.9. The summed E-state index contributed by atoms with van der Waals surface area (Å²) in [5.41, 5.74) is 12.3. The van der Waals surface area contributed by atoms with Crippen LogP contribution in [0.3, 0.4) is 0 Å². The second-order valence-corrected chi connectivity index (χ2v) is 14.8. The summed E-state index contributed by atoms with van der Waals surface area (Å²) in [6, 6.07) is 63.6. The number of rotatable bonds is 3. The second kappa shape index (κ2) is 10.9. The van der Waals surface area contributed by atoms with E-state index in [9.17, 15) is 0 Å². The fourth-order valence-electron chi connectivity index (χ4n) is 8.60. The van der Waals surface area contributed by atoms with Crippen LogP contribution >= 0.6 is 11.8 Å². The molecule has 1 aliphatic rings. The van der Waals surface area contributed by atoms with Crippen LogP contribution in [0, 0.1) is 0 Å². The molecule has 5 heteroatoms. The number of furan rings is 1. The first kappa shape index (κ1) is 28.9. The van der Waals surface area contributed by atoms with Gasteiger partial charge in [-0.2, -0.15) is 0 Å². The van der Waals surface area contributed by atoms with Crippen LogP contribution in [0.25, 0.3) is 76.9 Å². The largest absolute Gasteiger partial charge is 0.456 e. The fraction of sp³-hybridized carbons (Fsp3) is 0. The Kier molecular flexibility index (Phi) is 5.96. The molecule has 12 rings (SSSR count). The Hall–Kier alpha value is -6.69. The minimum absolute atomic E-state index is 0.894. The zero-order valence-electron chi connectivity index (χ0n) is 28.4. The van der Waals surface area contributed by atoms with Crippen LogP contribution in [0.2, 0.25) is 0 Å². The van der Waals surface area contributed by atoms with E-state index in [2.05, 4.69) is 178 Å². The maximum absolute atomic E-state index is 6.26. The average molecular weight is 696 g/mol. The second-order valence-electron chi connectivity index (χ2n) is 13.8. The number of hydrogen-bond donors (Lipinski definition) is 0. The molecule has 0 saturated carbocycles. The van der Waals surface area contributed by atoms with Crippen LogP contribution in [0.5, 0.6) is 0 Å². The Balaban J connectivity index is 1.10.